The first-order valence-corrected chi connectivity index (χ1v) is 4.47. The van der Waals surface area contributed by atoms with Crippen LogP contribution in [-0.4, -0.2) is 18.2 Å². The quantitative estimate of drug-likeness (QED) is 0.670. The third kappa shape index (κ3) is 5.83. The van der Waals surface area contributed by atoms with Crippen molar-refractivity contribution in [1.29, 1.82) is 0 Å². The van der Waals surface area contributed by atoms with Gasteiger partial charge in [-0.05, 0) is 18.8 Å². The third-order valence-corrected chi connectivity index (χ3v) is 1.68. The smallest absolute Gasteiger partial charge is 0.425 e. The van der Waals surface area contributed by atoms with Crippen LogP contribution in [0.15, 0.2) is 0 Å². The minimum atomic E-state index is -4.46. The average Bonchev–Trinajstić information content (AvgIpc) is 1.94. The molecule has 0 aliphatic rings. The number of hydrogen-bond donors (Lipinski definition) is 0. The fourth-order valence-corrected chi connectivity index (χ4v) is 0.974. The van der Waals surface area contributed by atoms with E-state index in [1.165, 1.54) is 0 Å². The van der Waals surface area contributed by atoms with Gasteiger partial charge in [0.05, 0.1) is 0 Å². The van der Waals surface area contributed by atoms with Gasteiger partial charge in [-0.25, -0.2) is 0 Å². The molecule has 0 N–H and O–H groups in total. The van der Waals surface area contributed by atoms with Crippen LogP contribution in [-0.2, 0) is 9.53 Å². The lowest BCUT2D eigenvalue weighted by atomic mass is 10.0. The molecule has 0 bridgehead atoms. The minimum absolute atomic E-state index is 0.162. The van der Waals surface area contributed by atoms with Crippen molar-refractivity contribution in [3.63, 3.8) is 0 Å². The van der Waals surface area contributed by atoms with Crippen molar-refractivity contribution in [2.75, 3.05) is 0 Å². The monoisotopic (exact) mass is 212 g/mol. The summed E-state index contributed by atoms with van der Waals surface area (Å²) in [5.41, 5.74) is 0. The van der Waals surface area contributed by atoms with E-state index in [0.29, 0.717) is 6.42 Å². The van der Waals surface area contributed by atoms with Gasteiger partial charge in [0.15, 0.2) is 6.10 Å². The Kier molecular flexibility index (Phi) is 4.94. The molecule has 0 saturated carbocycles. The molecule has 0 heterocycles. The second kappa shape index (κ2) is 5.22. The van der Waals surface area contributed by atoms with Gasteiger partial charge in [-0.1, -0.05) is 13.8 Å². The number of halogens is 3. The maximum absolute atomic E-state index is 12.3. The highest BCUT2D eigenvalue weighted by Gasteiger charge is 2.41. The minimum Gasteiger partial charge on any atom is -0.453 e. The number of esters is 1. The summed E-state index contributed by atoms with van der Waals surface area (Å²) in [7, 11) is 0. The van der Waals surface area contributed by atoms with Crippen molar-refractivity contribution in [1.82, 2.24) is 0 Å². The summed E-state index contributed by atoms with van der Waals surface area (Å²) >= 11 is 0. The molecular formula is C9H15F3O2. The second-order valence-electron chi connectivity index (χ2n) is 3.61. The molecule has 1 atom stereocenters. The summed E-state index contributed by atoms with van der Waals surface area (Å²) in [4.78, 5) is 10.4. The molecule has 2 nitrogen and oxygen atoms in total. The maximum atomic E-state index is 12.3. The fraction of sp³-hybridized carbons (Fsp3) is 0.889. The predicted octanol–water partition coefficient (Wildman–Crippen LogP) is 2.92. The molecule has 0 aliphatic heterocycles. The lowest BCUT2D eigenvalue weighted by Gasteiger charge is -2.20. The topological polar surface area (TPSA) is 26.3 Å². The zero-order chi connectivity index (χ0) is 11.4. The van der Waals surface area contributed by atoms with E-state index in [1.54, 1.807) is 0 Å². The van der Waals surface area contributed by atoms with Crippen LogP contribution in [0.4, 0.5) is 13.2 Å². The van der Waals surface area contributed by atoms with Crippen molar-refractivity contribution in [2.45, 2.75) is 45.9 Å². The molecule has 0 radical (unpaired) electrons. The van der Waals surface area contributed by atoms with Crippen molar-refractivity contribution < 1.29 is 22.7 Å². The largest absolute Gasteiger partial charge is 0.453 e. The van der Waals surface area contributed by atoms with Gasteiger partial charge >= 0.3 is 12.1 Å². The van der Waals surface area contributed by atoms with E-state index in [-0.39, 0.29) is 12.3 Å². The van der Waals surface area contributed by atoms with Gasteiger partial charge in [-0.2, -0.15) is 13.2 Å². The SMILES string of the molecule is CC(=O)OC(CCC(C)C)C(F)(F)F. The lowest BCUT2D eigenvalue weighted by molar-refractivity contribution is -0.222. The molecule has 0 aromatic carbocycles. The second-order valence-corrected chi connectivity index (χ2v) is 3.61. The normalized spacial score (nSPS) is 14.2. The first-order chi connectivity index (χ1) is 6.23. The molecule has 14 heavy (non-hydrogen) atoms. The molecule has 0 aromatic heterocycles. The van der Waals surface area contributed by atoms with Crippen LogP contribution < -0.4 is 0 Å². The number of alkyl halides is 3. The molecule has 0 aliphatic carbocycles. The number of carbonyl (C=O) groups excluding carboxylic acids is 1. The highest BCUT2D eigenvalue weighted by Crippen LogP contribution is 2.27. The van der Waals surface area contributed by atoms with E-state index in [1.807, 2.05) is 13.8 Å². The molecule has 5 heteroatoms. The zero-order valence-electron chi connectivity index (χ0n) is 8.52. The predicted molar refractivity (Wildman–Crippen MR) is 45.7 cm³/mol. The molecule has 0 rings (SSSR count). The molecule has 84 valence electrons. The first kappa shape index (κ1) is 13.3. The van der Waals surface area contributed by atoms with Gasteiger partial charge in [0.25, 0.3) is 0 Å². The summed E-state index contributed by atoms with van der Waals surface area (Å²) in [6, 6.07) is 0. The lowest BCUT2D eigenvalue weighted by Crippen LogP contribution is -2.33. The first-order valence-electron chi connectivity index (χ1n) is 4.47. The highest BCUT2D eigenvalue weighted by atomic mass is 19.4. The van der Waals surface area contributed by atoms with Gasteiger partial charge in [0.1, 0.15) is 0 Å². The standard InChI is InChI=1S/C9H15F3O2/c1-6(2)4-5-8(9(10,11)12)14-7(3)13/h6,8H,4-5H2,1-3H3. The molecule has 0 saturated heterocycles. The Labute approximate surface area is 81.4 Å². The van der Waals surface area contributed by atoms with Crippen molar-refractivity contribution >= 4 is 5.97 Å². The Balaban J connectivity index is 4.19. The van der Waals surface area contributed by atoms with Crippen LogP contribution in [0.5, 0.6) is 0 Å². The highest BCUT2D eigenvalue weighted by molar-refractivity contribution is 5.66. The van der Waals surface area contributed by atoms with E-state index < -0.39 is 18.2 Å². The molecule has 0 fully saturated rings. The van der Waals surface area contributed by atoms with Gasteiger partial charge in [0, 0.05) is 6.92 Å². The molecule has 1 unspecified atom stereocenters. The summed E-state index contributed by atoms with van der Waals surface area (Å²) in [6.45, 7) is 4.62. The Morgan fingerprint density at radius 3 is 2.07 bits per heavy atom. The summed E-state index contributed by atoms with van der Waals surface area (Å²) < 4.78 is 41.0. The van der Waals surface area contributed by atoms with Crippen molar-refractivity contribution in [2.24, 2.45) is 5.92 Å². The third-order valence-electron chi connectivity index (χ3n) is 1.68. The zero-order valence-corrected chi connectivity index (χ0v) is 8.52. The van der Waals surface area contributed by atoms with Crippen LogP contribution in [0, 0.1) is 5.92 Å². The summed E-state index contributed by atoms with van der Waals surface area (Å²) in [5, 5.41) is 0. The van der Waals surface area contributed by atoms with Gasteiger partial charge < -0.3 is 4.74 Å². The van der Waals surface area contributed by atoms with Crippen LogP contribution in [0.3, 0.4) is 0 Å². The summed E-state index contributed by atoms with van der Waals surface area (Å²) in [5.74, 6) is -0.730. The van der Waals surface area contributed by atoms with E-state index in [0.717, 1.165) is 6.92 Å². The molecule has 0 amide bonds. The average molecular weight is 212 g/mol. The Bertz CT molecular complexity index is 187. The number of carbonyl (C=O) groups is 1. The number of ether oxygens (including phenoxy) is 1. The molecular weight excluding hydrogens is 197 g/mol. The fourth-order valence-electron chi connectivity index (χ4n) is 0.974. The Morgan fingerprint density at radius 2 is 1.79 bits per heavy atom. The van der Waals surface area contributed by atoms with Gasteiger partial charge in [0.2, 0.25) is 0 Å². The van der Waals surface area contributed by atoms with Crippen LogP contribution >= 0.6 is 0 Å². The van der Waals surface area contributed by atoms with Gasteiger partial charge in [-0.15, -0.1) is 0 Å². The van der Waals surface area contributed by atoms with E-state index in [2.05, 4.69) is 4.74 Å². The van der Waals surface area contributed by atoms with Crippen molar-refractivity contribution in [3.05, 3.63) is 0 Å². The maximum Gasteiger partial charge on any atom is 0.425 e. The van der Waals surface area contributed by atoms with Crippen LogP contribution in [0.25, 0.3) is 0 Å². The van der Waals surface area contributed by atoms with Crippen LogP contribution in [0.2, 0.25) is 0 Å². The number of rotatable bonds is 4. The van der Waals surface area contributed by atoms with Gasteiger partial charge in [-0.3, -0.25) is 4.79 Å². The summed E-state index contributed by atoms with van der Waals surface area (Å²) in [6.07, 6.45) is -6.19. The van der Waals surface area contributed by atoms with E-state index in [4.69, 9.17) is 0 Å². The molecule has 0 spiro atoms. The van der Waals surface area contributed by atoms with E-state index in [9.17, 15) is 18.0 Å². The van der Waals surface area contributed by atoms with Crippen molar-refractivity contribution in [3.8, 4) is 0 Å². The van der Waals surface area contributed by atoms with Crippen LogP contribution in [0.1, 0.15) is 33.6 Å². The Hall–Kier alpha value is -0.740. The Morgan fingerprint density at radius 1 is 1.29 bits per heavy atom. The number of hydrogen-bond acceptors (Lipinski definition) is 2. The van der Waals surface area contributed by atoms with E-state index >= 15 is 0 Å². The molecule has 0 aromatic rings.